The second kappa shape index (κ2) is 18.7. The van der Waals surface area contributed by atoms with Crippen molar-refractivity contribution in [2.45, 2.75) is 83.2 Å². The molecule has 0 spiro atoms. The molecule has 0 aliphatic heterocycles. The number of unbranched alkanes of at least 4 members (excludes halogenated alkanes) is 7. The average Bonchev–Trinajstić information content (AvgIpc) is 2.68. The molecule has 0 saturated carbocycles. The van der Waals surface area contributed by atoms with Crippen molar-refractivity contribution in [3.63, 3.8) is 0 Å². The minimum absolute atomic E-state index is 0.0385. The zero-order valence-corrected chi connectivity index (χ0v) is 18.8. The molecule has 0 heterocycles. The Kier molecular flexibility index (Phi) is 16.9. The highest BCUT2D eigenvalue weighted by Gasteiger charge is 2.18. The predicted molar refractivity (Wildman–Crippen MR) is 123 cm³/mol. The molecule has 0 unspecified atom stereocenters. The van der Waals surface area contributed by atoms with E-state index < -0.39 is 12.1 Å². The van der Waals surface area contributed by atoms with Gasteiger partial charge in [0.1, 0.15) is 6.17 Å². The summed E-state index contributed by atoms with van der Waals surface area (Å²) in [5.74, 6) is -1.78. The van der Waals surface area contributed by atoms with E-state index in [0.717, 1.165) is 44.9 Å². The Hall–Kier alpha value is -3.05. The number of hydrogen-bond donors (Lipinski definition) is 9. The molecule has 0 bridgehead atoms. The molecule has 32 heavy (non-hydrogen) atoms. The first-order valence-corrected chi connectivity index (χ1v) is 11.2. The van der Waals surface area contributed by atoms with Gasteiger partial charge in [-0.15, -0.1) is 0 Å². The van der Waals surface area contributed by atoms with Crippen molar-refractivity contribution < 1.29 is 19.5 Å². The summed E-state index contributed by atoms with van der Waals surface area (Å²) in [6.07, 6.45) is 6.79. The van der Waals surface area contributed by atoms with Crippen LogP contribution in [0.3, 0.4) is 0 Å². The third-order valence-electron chi connectivity index (χ3n) is 4.59. The Bertz CT molecular complexity index is 600. The molecular weight excluding hydrogens is 416 g/mol. The average molecular weight is 457 g/mol. The van der Waals surface area contributed by atoms with E-state index in [1.165, 1.54) is 0 Å². The number of amides is 2. The van der Waals surface area contributed by atoms with Gasteiger partial charge in [-0.3, -0.25) is 25.2 Å². The Morgan fingerprint density at radius 1 is 0.688 bits per heavy atom. The number of carboxylic acid groups (broad SMARTS) is 1. The summed E-state index contributed by atoms with van der Waals surface area (Å²) in [4.78, 5) is 35.2. The number of nitrogens with one attached hydrogen (secondary N) is 6. The van der Waals surface area contributed by atoms with Crippen molar-refractivity contribution >= 4 is 29.7 Å². The van der Waals surface area contributed by atoms with E-state index in [2.05, 4.69) is 21.3 Å². The van der Waals surface area contributed by atoms with Gasteiger partial charge in [0.25, 0.3) is 0 Å². The van der Waals surface area contributed by atoms with Crippen LogP contribution in [0.15, 0.2) is 0 Å². The standard InChI is InChI=1S/C20H40N8O4/c21-19(22)25-12-8-4-1-2-6-10-16(29)27-15(14-18(31)32)28-17(30)11-7-3-5-9-13-26-20(23)24/h15H,1-14H2,(H,27,29)(H,28,30)(H,31,32)(H4,21,22,25)(H4,23,24,26)/t15-/m0/s1. The van der Waals surface area contributed by atoms with Crippen molar-refractivity contribution in [1.29, 1.82) is 10.8 Å². The van der Waals surface area contributed by atoms with Crippen LogP contribution in [-0.2, 0) is 14.4 Å². The van der Waals surface area contributed by atoms with E-state index in [0.29, 0.717) is 25.9 Å². The minimum atomic E-state index is -1.10. The molecule has 0 aromatic carbocycles. The highest BCUT2D eigenvalue weighted by atomic mass is 16.4. The van der Waals surface area contributed by atoms with E-state index >= 15 is 0 Å². The second-order valence-corrected chi connectivity index (χ2v) is 7.65. The van der Waals surface area contributed by atoms with Crippen LogP contribution in [0, 0.1) is 10.8 Å². The number of carbonyl (C=O) groups is 3. The van der Waals surface area contributed by atoms with Crippen molar-refractivity contribution in [3.05, 3.63) is 0 Å². The van der Waals surface area contributed by atoms with Crippen LogP contribution in [-0.4, -0.2) is 54.1 Å². The fourth-order valence-electron chi connectivity index (χ4n) is 3.00. The second-order valence-electron chi connectivity index (χ2n) is 7.65. The minimum Gasteiger partial charge on any atom is -0.481 e. The first kappa shape index (κ1) is 28.9. The van der Waals surface area contributed by atoms with E-state index in [4.69, 9.17) is 27.4 Å². The maximum Gasteiger partial charge on any atom is 0.307 e. The van der Waals surface area contributed by atoms with Gasteiger partial charge in [-0.2, -0.15) is 0 Å². The molecule has 0 aliphatic rings. The monoisotopic (exact) mass is 456 g/mol. The zero-order valence-electron chi connectivity index (χ0n) is 18.8. The summed E-state index contributed by atoms with van der Waals surface area (Å²) in [7, 11) is 0. The Labute approximate surface area is 189 Å². The topological polar surface area (TPSA) is 219 Å². The number of nitrogens with two attached hydrogens (primary N) is 2. The van der Waals surface area contributed by atoms with Crippen LogP contribution in [0.1, 0.15) is 77.0 Å². The lowest BCUT2D eigenvalue weighted by Gasteiger charge is -2.18. The summed E-state index contributed by atoms with van der Waals surface area (Å²) in [6.45, 7) is 1.27. The van der Waals surface area contributed by atoms with Crippen molar-refractivity contribution in [3.8, 4) is 0 Å². The molecule has 0 saturated heterocycles. The molecule has 11 N–H and O–H groups in total. The van der Waals surface area contributed by atoms with Crippen LogP contribution in [0.2, 0.25) is 0 Å². The lowest BCUT2D eigenvalue weighted by atomic mass is 10.1. The van der Waals surface area contributed by atoms with Gasteiger partial charge >= 0.3 is 5.97 Å². The number of guanidine groups is 2. The van der Waals surface area contributed by atoms with Crippen LogP contribution >= 0.6 is 0 Å². The summed E-state index contributed by atoms with van der Waals surface area (Å²) in [6, 6.07) is 0. The molecule has 2 amide bonds. The largest absolute Gasteiger partial charge is 0.481 e. The number of hydrogen-bond acceptors (Lipinski definition) is 5. The summed E-state index contributed by atoms with van der Waals surface area (Å²) in [5.41, 5.74) is 10.4. The van der Waals surface area contributed by atoms with E-state index in [1.54, 1.807) is 0 Å². The van der Waals surface area contributed by atoms with E-state index in [9.17, 15) is 14.4 Å². The molecule has 0 aliphatic carbocycles. The van der Waals surface area contributed by atoms with E-state index in [1.807, 2.05) is 0 Å². The highest BCUT2D eigenvalue weighted by Crippen LogP contribution is 2.06. The maximum atomic E-state index is 12.1. The maximum absolute atomic E-state index is 12.1. The molecule has 0 aromatic rings. The molecule has 184 valence electrons. The van der Waals surface area contributed by atoms with Gasteiger partial charge in [0.2, 0.25) is 11.8 Å². The van der Waals surface area contributed by atoms with Gasteiger partial charge < -0.3 is 37.8 Å². The zero-order chi connectivity index (χ0) is 24.2. The number of aliphatic carboxylic acids is 1. The first-order valence-electron chi connectivity index (χ1n) is 11.2. The Morgan fingerprint density at radius 3 is 1.44 bits per heavy atom. The number of carboxylic acids is 1. The van der Waals surface area contributed by atoms with Gasteiger partial charge in [0.15, 0.2) is 11.9 Å². The Morgan fingerprint density at radius 2 is 1.06 bits per heavy atom. The van der Waals surface area contributed by atoms with Gasteiger partial charge in [0.05, 0.1) is 6.42 Å². The summed E-state index contributed by atoms with van der Waals surface area (Å²) in [5, 5.41) is 33.8. The highest BCUT2D eigenvalue weighted by molar-refractivity contribution is 5.80. The normalized spacial score (nSPS) is 11.2. The summed E-state index contributed by atoms with van der Waals surface area (Å²) < 4.78 is 0. The molecule has 0 rings (SSSR count). The van der Waals surface area contributed by atoms with Crippen molar-refractivity contribution in [1.82, 2.24) is 21.3 Å². The lowest BCUT2D eigenvalue weighted by Crippen LogP contribution is -2.49. The van der Waals surface area contributed by atoms with Gasteiger partial charge in [-0.1, -0.05) is 32.1 Å². The van der Waals surface area contributed by atoms with Crippen molar-refractivity contribution in [2.75, 3.05) is 13.1 Å². The smallest absolute Gasteiger partial charge is 0.307 e. The van der Waals surface area contributed by atoms with Crippen LogP contribution in [0.4, 0.5) is 0 Å². The van der Waals surface area contributed by atoms with Crippen LogP contribution < -0.4 is 32.7 Å². The molecule has 0 fully saturated rings. The van der Waals surface area contributed by atoms with E-state index in [-0.39, 0.29) is 43.0 Å². The molecule has 0 radical (unpaired) electrons. The molecule has 0 aromatic heterocycles. The van der Waals surface area contributed by atoms with Crippen LogP contribution in [0.5, 0.6) is 0 Å². The molecule has 1 atom stereocenters. The third kappa shape index (κ3) is 20.2. The van der Waals surface area contributed by atoms with Gasteiger partial charge in [-0.05, 0) is 25.7 Å². The number of carbonyl (C=O) groups excluding carboxylic acids is 2. The molecule has 12 nitrogen and oxygen atoms in total. The predicted octanol–water partition coefficient (Wildman–Crippen LogP) is 0.277. The quantitative estimate of drug-likeness (QED) is 0.0567. The first-order chi connectivity index (χ1) is 15.2. The van der Waals surface area contributed by atoms with Gasteiger partial charge in [0, 0.05) is 25.9 Å². The SMILES string of the molecule is N=C(N)NCCCCCCCC(=O)N[C@H](CC(=O)O)NC(=O)CCCCCCNC(=N)N. The Balaban J connectivity index is 4.00. The third-order valence-corrected chi connectivity index (χ3v) is 4.59. The van der Waals surface area contributed by atoms with Crippen molar-refractivity contribution in [2.24, 2.45) is 11.5 Å². The summed E-state index contributed by atoms with van der Waals surface area (Å²) >= 11 is 0. The molecule has 12 heteroatoms. The number of rotatable bonds is 19. The van der Waals surface area contributed by atoms with Crippen LogP contribution in [0.25, 0.3) is 0 Å². The molecular formula is C20H40N8O4. The fraction of sp³-hybridized carbons (Fsp3) is 0.750. The lowest BCUT2D eigenvalue weighted by molar-refractivity contribution is -0.138. The van der Waals surface area contributed by atoms with Gasteiger partial charge in [-0.25, -0.2) is 0 Å². The fourth-order valence-corrected chi connectivity index (χ4v) is 3.00.